The van der Waals surface area contributed by atoms with Crippen LogP contribution in [-0.2, 0) is 6.61 Å². The maximum absolute atomic E-state index is 5.81. The predicted molar refractivity (Wildman–Crippen MR) is 66.6 cm³/mol. The van der Waals surface area contributed by atoms with E-state index < -0.39 is 0 Å². The summed E-state index contributed by atoms with van der Waals surface area (Å²) < 4.78 is 10.7. The van der Waals surface area contributed by atoms with Gasteiger partial charge in [-0.15, -0.1) is 0 Å². The summed E-state index contributed by atoms with van der Waals surface area (Å²) in [6.45, 7) is 0.435. The molecule has 0 bridgehead atoms. The van der Waals surface area contributed by atoms with E-state index in [2.05, 4.69) is 4.98 Å². The lowest BCUT2D eigenvalue weighted by molar-refractivity contribution is 0.272. The maximum atomic E-state index is 5.81. The highest BCUT2D eigenvalue weighted by molar-refractivity contribution is 6.29. The molecule has 1 heterocycles. The molecule has 2 rings (SSSR count). The number of hydrogen-bond acceptors (Lipinski definition) is 3. The lowest BCUT2D eigenvalue weighted by atomic mass is 10.2. The van der Waals surface area contributed by atoms with Crippen LogP contribution in [0.1, 0.15) is 5.56 Å². The minimum atomic E-state index is 0.383. The number of hydrogen-bond donors (Lipinski definition) is 0. The highest BCUT2D eigenvalue weighted by Gasteiger charge is 2.06. The molecule has 4 heteroatoms. The van der Waals surface area contributed by atoms with Gasteiger partial charge in [0.15, 0.2) is 5.75 Å². The van der Waals surface area contributed by atoms with Gasteiger partial charge in [-0.2, -0.15) is 4.98 Å². The van der Waals surface area contributed by atoms with Gasteiger partial charge in [-0.05, 0) is 17.7 Å². The second-order valence-corrected chi connectivity index (χ2v) is 3.80. The van der Waals surface area contributed by atoms with Gasteiger partial charge in [-0.1, -0.05) is 41.9 Å². The monoisotopic (exact) mass is 249 g/mol. The Balaban J connectivity index is 2.11. The van der Waals surface area contributed by atoms with Crippen LogP contribution in [0.2, 0.25) is 5.15 Å². The molecule has 0 unspecified atom stereocenters. The molecule has 0 aliphatic heterocycles. The van der Waals surface area contributed by atoms with Gasteiger partial charge in [0.25, 0.3) is 5.88 Å². The Kier molecular flexibility index (Phi) is 3.83. The quantitative estimate of drug-likeness (QED) is 0.779. The molecule has 17 heavy (non-hydrogen) atoms. The van der Waals surface area contributed by atoms with E-state index in [0.717, 1.165) is 5.56 Å². The van der Waals surface area contributed by atoms with E-state index in [1.54, 1.807) is 19.2 Å². The lowest BCUT2D eigenvalue weighted by Gasteiger charge is -2.09. The first-order valence-corrected chi connectivity index (χ1v) is 5.54. The number of halogens is 1. The van der Waals surface area contributed by atoms with Crippen LogP contribution in [0.5, 0.6) is 11.6 Å². The van der Waals surface area contributed by atoms with Crippen LogP contribution >= 0.6 is 11.6 Å². The molecule has 2 aromatic rings. The SMILES string of the molecule is COc1ccc(Cl)nc1OCc1ccccc1. The second kappa shape index (κ2) is 5.55. The van der Waals surface area contributed by atoms with Crippen molar-refractivity contribution >= 4 is 11.6 Å². The summed E-state index contributed by atoms with van der Waals surface area (Å²) in [4.78, 5) is 4.08. The predicted octanol–water partition coefficient (Wildman–Crippen LogP) is 3.32. The minimum absolute atomic E-state index is 0.383. The Morgan fingerprint density at radius 1 is 1.12 bits per heavy atom. The van der Waals surface area contributed by atoms with Crippen molar-refractivity contribution in [2.75, 3.05) is 7.11 Å². The molecule has 1 aromatic heterocycles. The molecule has 0 spiro atoms. The number of benzene rings is 1. The largest absolute Gasteiger partial charge is 0.491 e. The van der Waals surface area contributed by atoms with Crippen LogP contribution in [0, 0.1) is 0 Å². The van der Waals surface area contributed by atoms with Crippen LogP contribution in [-0.4, -0.2) is 12.1 Å². The summed E-state index contributed by atoms with van der Waals surface area (Å²) >= 11 is 5.81. The van der Waals surface area contributed by atoms with E-state index in [1.807, 2.05) is 30.3 Å². The second-order valence-electron chi connectivity index (χ2n) is 3.42. The van der Waals surface area contributed by atoms with E-state index in [-0.39, 0.29) is 0 Å². The van der Waals surface area contributed by atoms with Gasteiger partial charge in [0.2, 0.25) is 0 Å². The van der Waals surface area contributed by atoms with Gasteiger partial charge >= 0.3 is 0 Å². The van der Waals surface area contributed by atoms with E-state index in [1.165, 1.54) is 0 Å². The van der Waals surface area contributed by atoms with Gasteiger partial charge in [-0.3, -0.25) is 0 Å². The van der Waals surface area contributed by atoms with Crippen LogP contribution in [0.3, 0.4) is 0 Å². The third-order valence-electron chi connectivity index (χ3n) is 2.23. The number of rotatable bonds is 4. The number of ether oxygens (including phenoxy) is 2. The fraction of sp³-hybridized carbons (Fsp3) is 0.154. The summed E-state index contributed by atoms with van der Waals surface area (Å²) in [5.41, 5.74) is 1.07. The van der Waals surface area contributed by atoms with Crippen LogP contribution in [0.25, 0.3) is 0 Å². The molecule has 0 amide bonds. The molecule has 0 aliphatic carbocycles. The highest BCUT2D eigenvalue weighted by atomic mass is 35.5. The van der Waals surface area contributed by atoms with Crippen molar-refractivity contribution < 1.29 is 9.47 Å². The van der Waals surface area contributed by atoms with Crippen molar-refractivity contribution in [2.45, 2.75) is 6.61 Å². The standard InChI is InChI=1S/C13H12ClNO2/c1-16-11-7-8-12(14)15-13(11)17-9-10-5-3-2-4-6-10/h2-8H,9H2,1H3. The fourth-order valence-electron chi connectivity index (χ4n) is 1.39. The Bertz CT molecular complexity index is 488. The molecule has 88 valence electrons. The molecule has 0 saturated heterocycles. The molecule has 1 aromatic carbocycles. The Morgan fingerprint density at radius 2 is 1.88 bits per heavy atom. The van der Waals surface area contributed by atoms with Crippen molar-refractivity contribution in [3.8, 4) is 11.6 Å². The summed E-state index contributed by atoms with van der Waals surface area (Å²) in [6.07, 6.45) is 0. The third kappa shape index (κ3) is 3.11. The zero-order valence-electron chi connectivity index (χ0n) is 9.39. The van der Waals surface area contributed by atoms with Crippen molar-refractivity contribution in [1.29, 1.82) is 0 Å². The molecule has 0 N–H and O–H groups in total. The molecular formula is C13H12ClNO2. The number of pyridine rings is 1. The first kappa shape index (κ1) is 11.7. The minimum Gasteiger partial charge on any atom is -0.491 e. The van der Waals surface area contributed by atoms with E-state index in [0.29, 0.717) is 23.4 Å². The Labute approximate surface area is 105 Å². The van der Waals surface area contributed by atoms with Crippen molar-refractivity contribution in [3.63, 3.8) is 0 Å². The molecule has 0 fully saturated rings. The van der Waals surface area contributed by atoms with Crippen LogP contribution in [0.15, 0.2) is 42.5 Å². The number of methoxy groups -OCH3 is 1. The van der Waals surface area contributed by atoms with Gasteiger partial charge in [0, 0.05) is 0 Å². The molecule has 0 aliphatic rings. The number of nitrogens with zero attached hydrogens (tertiary/aromatic N) is 1. The first-order chi connectivity index (χ1) is 8.29. The van der Waals surface area contributed by atoms with Crippen molar-refractivity contribution in [3.05, 3.63) is 53.2 Å². The number of aromatic nitrogens is 1. The van der Waals surface area contributed by atoms with Crippen molar-refractivity contribution in [2.24, 2.45) is 0 Å². The normalized spacial score (nSPS) is 10.0. The smallest absolute Gasteiger partial charge is 0.258 e. The summed E-state index contributed by atoms with van der Waals surface area (Å²) in [6, 6.07) is 13.2. The molecule has 0 saturated carbocycles. The molecule has 0 radical (unpaired) electrons. The first-order valence-electron chi connectivity index (χ1n) is 5.17. The topological polar surface area (TPSA) is 31.4 Å². The molecule has 0 atom stereocenters. The fourth-order valence-corrected chi connectivity index (χ4v) is 1.53. The summed E-state index contributed by atoms with van der Waals surface area (Å²) in [5, 5.41) is 0.383. The van der Waals surface area contributed by atoms with Crippen LogP contribution in [0.4, 0.5) is 0 Å². The Hall–Kier alpha value is -1.74. The Morgan fingerprint density at radius 3 is 2.59 bits per heavy atom. The zero-order valence-corrected chi connectivity index (χ0v) is 10.1. The van der Waals surface area contributed by atoms with Crippen LogP contribution < -0.4 is 9.47 Å². The average Bonchev–Trinajstić information content (AvgIpc) is 2.38. The van der Waals surface area contributed by atoms with Gasteiger partial charge in [-0.25, -0.2) is 0 Å². The maximum Gasteiger partial charge on any atom is 0.258 e. The highest BCUT2D eigenvalue weighted by Crippen LogP contribution is 2.26. The van der Waals surface area contributed by atoms with E-state index >= 15 is 0 Å². The molecular weight excluding hydrogens is 238 g/mol. The summed E-state index contributed by atoms with van der Waals surface area (Å²) in [5.74, 6) is 0.981. The van der Waals surface area contributed by atoms with Crippen molar-refractivity contribution in [1.82, 2.24) is 4.98 Å². The molecule has 3 nitrogen and oxygen atoms in total. The van der Waals surface area contributed by atoms with Gasteiger partial charge < -0.3 is 9.47 Å². The van der Waals surface area contributed by atoms with Gasteiger partial charge in [0.1, 0.15) is 11.8 Å². The van der Waals surface area contributed by atoms with E-state index in [4.69, 9.17) is 21.1 Å². The lowest BCUT2D eigenvalue weighted by Crippen LogP contribution is -1.99. The summed E-state index contributed by atoms with van der Waals surface area (Å²) in [7, 11) is 1.57. The zero-order chi connectivity index (χ0) is 12.1. The van der Waals surface area contributed by atoms with E-state index in [9.17, 15) is 0 Å². The average molecular weight is 250 g/mol. The van der Waals surface area contributed by atoms with Gasteiger partial charge in [0.05, 0.1) is 7.11 Å². The third-order valence-corrected chi connectivity index (χ3v) is 2.44.